The molecule has 9 heteroatoms. The number of benzene rings is 4. The average molecular weight is 632 g/mol. The third-order valence-corrected chi connectivity index (χ3v) is 8.09. The second-order valence-corrected chi connectivity index (χ2v) is 11.4. The molecule has 0 radical (unpaired) electrons. The number of aliphatic carboxylic acids is 1. The van der Waals surface area contributed by atoms with Crippen molar-refractivity contribution in [2.45, 2.75) is 45.2 Å². The number of fused-ring (bicyclic) bond motifs is 1. The van der Waals surface area contributed by atoms with Gasteiger partial charge in [-0.1, -0.05) is 85.8 Å². The van der Waals surface area contributed by atoms with E-state index in [-0.39, 0.29) is 36.4 Å². The molecule has 5 rings (SSSR count). The van der Waals surface area contributed by atoms with Crippen LogP contribution in [-0.2, 0) is 46.6 Å². The van der Waals surface area contributed by atoms with Gasteiger partial charge in [-0.15, -0.1) is 0 Å². The SMILES string of the molecule is CCc1ccn(Cc2ccc(OC)cc2)c(=O)c1NC(=O)C(Cc1ccc(CC(=O)O)cc1)NC(=O)Cc1cccc2ccccc12. The highest BCUT2D eigenvalue weighted by molar-refractivity contribution is 5.98. The van der Waals surface area contributed by atoms with E-state index in [1.165, 1.54) is 4.57 Å². The van der Waals surface area contributed by atoms with Crippen LogP contribution < -0.4 is 20.9 Å². The number of nitrogens with one attached hydrogen (secondary N) is 2. The second-order valence-electron chi connectivity index (χ2n) is 11.4. The van der Waals surface area contributed by atoms with Gasteiger partial charge in [0.1, 0.15) is 17.5 Å². The number of methoxy groups -OCH3 is 1. The molecule has 1 atom stereocenters. The maximum atomic E-state index is 13.9. The summed E-state index contributed by atoms with van der Waals surface area (Å²) < 4.78 is 6.77. The van der Waals surface area contributed by atoms with Gasteiger partial charge in [0.05, 0.1) is 26.5 Å². The molecule has 3 N–H and O–H groups in total. The van der Waals surface area contributed by atoms with Crippen LogP contribution in [0.25, 0.3) is 10.8 Å². The van der Waals surface area contributed by atoms with Gasteiger partial charge in [0.25, 0.3) is 5.56 Å². The fourth-order valence-electron chi connectivity index (χ4n) is 5.58. The van der Waals surface area contributed by atoms with Crippen LogP contribution in [0.4, 0.5) is 5.69 Å². The Kier molecular flexibility index (Phi) is 10.5. The Bertz CT molecular complexity index is 1940. The lowest BCUT2D eigenvalue weighted by Crippen LogP contribution is -2.46. The summed E-state index contributed by atoms with van der Waals surface area (Å²) in [6.07, 6.45) is 2.29. The Morgan fingerprint density at radius 1 is 0.809 bits per heavy atom. The van der Waals surface area contributed by atoms with Crippen molar-refractivity contribution in [2.75, 3.05) is 12.4 Å². The molecule has 47 heavy (non-hydrogen) atoms. The lowest BCUT2D eigenvalue weighted by molar-refractivity contribution is -0.136. The number of hydrogen-bond acceptors (Lipinski definition) is 5. The van der Waals surface area contributed by atoms with Crippen molar-refractivity contribution in [3.63, 3.8) is 0 Å². The van der Waals surface area contributed by atoms with E-state index in [1.54, 1.807) is 37.6 Å². The molecule has 0 aliphatic carbocycles. The van der Waals surface area contributed by atoms with Crippen LogP contribution in [0, 0.1) is 0 Å². The predicted octanol–water partition coefficient (Wildman–Crippen LogP) is 5.16. The number of carbonyl (C=O) groups is 3. The number of rotatable bonds is 13. The van der Waals surface area contributed by atoms with Gasteiger partial charge in [0.15, 0.2) is 0 Å². The monoisotopic (exact) mass is 631 g/mol. The molecule has 0 saturated heterocycles. The van der Waals surface area contributed by atoms with Gasteiger partial charge < -0.3 is 25.0 Å². The van der Waals surface area contributed by atoms with Crippen molar-refractivity contribution < 1.29 is 24.2 Å². The number of anilines is 1. The summed E-state index contributed by atoms with van der Waals surface area (Å²) in [5.74, 6) is -1.10. The van der Waals surface area contributed by atoms with Gasteiger partial charge >= 0.3 is 5.97 Å². The van der Waals surface area contributed by atoms with Gasteiger partial charge in [0, 0.05) is 12.6 Å². The van der Waals surface area contributed by atoms with Gasteiger partial charge in [-0.2, -0.15) is 0 Å². The highest BCUT2D eigenvalue weighted by Crippen LogP contribution is 2.20. The van der Waals surface area contributed by atoms with E-state index in [2.05, 4.69) is 10.6 Å². The van der Waals surface area contributed by atoms with E-state index < -0.39 is 17.9 Å². The first-order valence-corrected chi connectivity index (χ1v) is 15.5. The minimum absolute atomic E-state index is 0.0584. The van der Waals surface area contributed by atoms with Gasteiger partial charge in [-0.25, -0.2) is 0 Å². The van der Waals surface area contributed by atoms with Crippen molar-refractivity contribution in [2.24, 2.45) is 0 Å². The van der Waals surface area contributed by atoms with Crippen LogP contribution in [0.5, 0.6) is 5.75 Å². The molecule has 240 valence electrons. The Balaban J connectivity index is 1.41. The minimum Gasteiger partial charge on any atom is -0.497 e. The molecular weight excluding hydrogens is 594 g/mol. The molecule has 2 amide bonds. The van der Waals surface area contributed by atoms with Gasteiger partial charge in [-0.3, -0.25) is 19.2 Å². The summed E-state index contributed by atoms with van der Waals surface area (Å²) in [5, 5.41) is 16.8. The quantitative estimate of drug-likeness (QED) is 0.165. The Hall–Kier alpha value is -5.70. The molecule has 0 saturated carbocycles. The summed E-state index contributed by atoms with van der Waals surface area (Å²) in [6.45, 7) is 2.20. The largest absolute Gasteiger partial charge is 0.497 e. The van der Waals surface area contributed by atoms with E-state index in [1.807, 2.05) is 79.7 Å². The normalized spacial score (nSPS) is 11.5. The number of carboxylic acid groups (broad SMARTS) is 1. The molecule has 0 bridgehead atoms. The summed E-state index contributed by atoms with van der Waals surface area (Å²) >= 11 is 0. The zero-order chi connectivity index (χ0) is 33.3. The smallest absolute Gasteiger partial charge is 0.307 e. The van der Waals surface area contributed by atoms with E-state index in [4.69, 9.17) is 9.84 Å². The molecule has 1 aromatic heterocycles. The number of amides is 2. The molecule has 1 heterocycles. The summed E-state index contributed by atoms with van der Waals surface area (Å²) in [4.78, 5) is 52.2. The average Bonchev–Trinajstić information content (AvgIpc) is 3.07. The highest BCUT2D eigenvalue weighted by atomic mass is 16.5. The van der Waals surface area contributed by atoms with Crippen molar-refractivity contribution in [3.05, 3.63) is 141 Å². The summed E-state index contributed by atoms with van der Waals surface area (Å²) in [5.41, 5.74) is 3.55. The van der Waals surface area contributed by atoms with Crippen LogP contribution >= 0.6 is 0 Å². The first-order chi connectivity index (χ1) is 22.7. The third-order valence-electron chi connectivity index (χ3n) is 8.09. The first kappa shape index (κ1) is 32.7. The molecule has 4 aromatic carbocycles. The fourth-order valence-corrected chi connectivity index (χ4v) is 5.58. The van der Waals surface area contributed by atoms with Crippen molar-refractivity contribution >= 4 is 34.2 Å². The molecule has 0 aliphatic heterocycles. The Morgan fingerprint density at radius 3 is 2.19 bits per heavy atom. The van der Waals surface area contributed by atoms with Crippen LogP contribution in [0.1, 0.15) is 34.7 Å². The maximum absolute atomic E-state index is 13.9. The Morgan fingerprint density at radius 2 is 1.49 bits per heavy atom. The molecular formula is C38H37N3O6. The van der Waals surface area contributed by atoms with Crippen LogP contribution in [0.2, 0.25) is 0 Å². The molecule has 1 unspecified atom stereocenters. The second kappa shape index (κ2) is 15.1. The maximum Gasteiger partial charge on any atom is 0.307 e. The molecule has 0 aliphatic rings. The van der Waals surface area contributed by atoms with Crippen molar-refractivity contribution in [3.8, 4) is 5.75 Å². The number of pyridine rings is 1. The standard InChI is InChI=1S/C38H37N3O6/c1-3-28-19-20-41(24-27-15-17-31(47-2)18-16-27)38(46)36(28)40-37(45)33(21-25-11-13-26(14-12-25)22-35(43)44)39-34(42)23-30-9-6-8-29-7-4-5-10-32(29)30/h4-20,33H,3,21-24H2,1-2H3,(H,39,42)(H,40,45)(H,43,44). The molecule has 0 spiro atoms. The fraction of sp³-hybridized carbons (Fsp3) is 0.211. The van der Waals surface area contributed by atoms with Crippen molar-refractivity contribution in [1.29, 1.82) is 0 Å². The van der Waals surface area contributed by atoms with Crippen LogP contribution in [0.15, 0.2) is 108 Å². The van der Waals surface area contributed by atoms with Gasteiger partial charge in [0.2, 0.25) is 11.8 Å². The number of carbonyl (C=O) groups excluding carboxylic acids is 2. The van der Waals surface area contributed by atoms with E-state index >= 15 is 0 Å². The number of hydrogen-bond donors (Lipinski definition) is 3. The topological polar surface area (TPSA) is 127 Å². The Labute approximate surface area is 272 Å². The molecule has 9 nitrogen and oxygen atoms in total. The lowest BCUT2D eigenvalue weighted by Gasteiger charge is -2.20. The number of nitrogens with zero attached hydrogens (tertiary/aromatic N) is 1. The lowest BCUT2D eigenvalue weighted by atomic mass is 10.0. The summed E-state index contributed by atoms with van der Waals surface area (Å²) in [6, 6.07) is 28.6. The van der Waals surface area contributed by atoms with E-state index in [0.29, 0.717) is 29.8 Å². The first-order valence-electron chi connectivity index (χ1n) is 15.5. The highest BCUT2D eigenvalue weighted by Gasteiger charge is 2.24. The van der Waals surface area contributed by atoms with E-state index in [9.17, 15) is 19.2 Å². The number of aromatic nitrogens is 1. The van der Waals surface area contributed by atoms with Crippen LogP contribution in [0.3, 0.4) is 0 Å². The molecule has 5 aromatic rings. The van der Waals surface area contributed by atoms with Gasteiger partial charge in [-0.05, 0) is 63.2 Å². The van der Waals surface area contributed by atoms with Crippen LogP contribution in [-0.4, -0.2) is 40.6 Å². The summed E-state index contributed by atoms with van der Waals surface area (Å²) in [7, 11) is 1.59. The predicted molar refractivity (Wildman–Crippen MR) is 182 cm³/mol. The number of aryl methyl sites for hydroxylation is 1. The molecule has 0 fully saturated rings. The van der Waals surface area contributed by atoms with E-state index in [0.717, 1.165) is 27.5 Å². The zero-order valence-electron chi connectivity index (χ0n) is 26.4. The van der Waals surface area contributed by atoms with Crippen molar-refractivity contribution in [1.82, 2.24) is 9.88 Å². The number of carboxylic acids is 1. The minimum atomic E-state index is -1.01. The number of ether oxygens (including phenoxy) is 1. The third kappa shape index (κ3) is 8.32. The zero-order valence-corrected chi connectivity index (χ0v) is 26.4.